The van der Waals surface area contributed by atoms with E-state index in [4.69, 9.17) is 9.68 Å². The standard InChI is InChI=1S/C13H18N2O2/c1-15(10-13(16)6-2-3-7-13)9-12-5-4-11(8-14)17-12/h4-5,16H,2-3,6-7,9-10H2,1H3. The van der Waals surface area contributed by atoms with Crippen LogP contribution < -0.4 is 0 Å². The summed E-state index contributed by atoms with van der Waals surface area (Å²) in [5.74, 6) is 1.11. The first-order valence-corrected chi connectivity index (χ1v) is 6.01. The Morgan fingerprint density at radius 1 is 1.47 bits per heavy atom. The fourth-order valence-corrected chi connectivity index (χ4v) is 2.54. The van der Waals surface area contributed by atoms with Crippen LogP contribution in [-0.4, -0.2) is 29.2 Å². The molecule has 4 heteroatoms. The number of rotatable bonds is 4. The summed E-state index contributed by atoms with van der Waals surface area (Å²) in [6.07, 6.45) is 4.01. The molecule has 0 amide bonds. The predicted molar refractivity (Wildman–Crippen MR) is 63.2 cm³/mol. The summed E-state index contributed by atoms with van der Waals surface area (Å²) in [6, 6.07) is 5.45. The van der Waals surface area contributed by atoms with Crippen molar-refractivity contribution in [2.24, 2.45) is 0 Å². The van der Waals surface area contributed by atoms with E-state index in [-0.39, 0.29) is 0 Å². The molecule has 0 bridgehead atoms. The van der Waals surface area contributed by atoms with Gasteiger partial charge in [0.2, 0.25) is 5.76 Å². The highest BCUT2D eigenvalue weighted by Crippen LogP contribution is 2.30. The van der Waals surface area contributed by atoms with Crippen LogP contribution in [0.25, 0.3) is 0 Å². The van der Waals surface area contributed by atoms with Gasteiger partial charge in [-0.15, -0.1) is 0 Å². The van der Waals surface area contributed by atoms with Gasteiger partial charge in [0, 0.05) is 6.54 Å². The second kappa shape index (κ2) is 4.91. The second-order valence-corrected chi connectivity index (χ2v) is 4.98. The topological polar surface area (TPSA) is 60.4 Å². The molecule has 1 aromatic heterocycles. The Morgan fingerprint density at radius 2 is 2.18 bits per heavy atom. The van der Waals surface area contributed by atoms with Crippen molar-refractivity contribution >= 4 is 0 Å². The maximum Gasteiger partial charge on any atom is 0.203 e. The largest absolute Gasteiger partial charge is 0.449 e. The fraction of sp³-hybridized carbons (Fsp3) is 0.615. The Kier molecular flexibility index (Phi) is 3.51. The van der Waals surface area contributed by atoms with Gasteiger partial charge in [-0.25, -0.2) is 0 Å². The lowest BCUT2D eigenvalue weighted by molar-refractivity contribution is 0.0131. The molecule has 1 fully saturated rings. The summed E-state index contributed by atoms with van der Waals surface area (Å²) >= 11 is 0. The van der Waals surface area contributed by atoms with E-state index in [9.17, 15) is 5.11 Å². The lowest BCUT2D eigenvalue weighted by Crippen LogP contribution is -2.38. The Hall–Kier alpha value is -1.31. The van der Waals surface area contributed by atoms with E-state index in [1.54, 1.807) is 6.07 Å². The Morgan fingerprint density at radius 3 is 2.76 bits per heavy atom. The number of nitriles is 1. The van der Waals surface area contributed by atoms with E-state index in [1.165, 1.54) is 0 Å². The van der Waals surface area contributed by atoms with Crippen LogP contribution >= 0.6 is 0 Å². The van der Waals surface area contributed by atoms with Gasteiger partial charge in [-0.05, 0) is 32.0 Å². The lowest BCUT2D eigenvalue weighted by Gasteiger charge is -2.27. The summed E-state index contributed by atoms with van der Waals surface area (Å²) in [5, 5.41) is 18.9. The van der Waals surface area contributed by atoms with E-state index >= 15 is 0 Å². The third-order valence-electron chi connectivity index (χ3n) is 3.30. The minimum absolute atomic E-state index is 0.341. The molecule has 2 rings (SSSR count). The monoisotopic (exact) mass is 234 g/mol. The normalized spacial score (nSPS) is 18.5. The number of likely N-dealkylation sites (N-methyl/N-ethyl adjacent to an activating group) is 1. The van der Waals surface area contributed by atoms with Gasteiger partial charge in [0.25, 0.3) is 0 Å². The molecule has 1 aliphatic rings. The van der Waals surface area contributed by atoms with Crippen molar-refractivity contribution in [2.45, 2.75) is 37.8 Å². The van der Waals surface area contributed by atoms with Crippen molar-refractivity contribution < 1.29 is 9.52 Å². The van der Waals surface area contributed by atoms with E-state index < -0.39 is 5.60 Å². The van der Waals surface area contributed by atoms with Crippen LogP contribution in [0.1, 0.15) is 37.2 Å². The smallest absolute Gasteiger partial charge is 0.203 e. The Labute approximate surface area is 101 Å². The van der Waals surface area contributed by atoms with Crippen LogP contribution in [0, 0.1) is 11.3 Å². The number of furan rings is 1. The third-order valence-corrected chi connectivity index (χ3v) is 3.30. The molecule has 1 heterocycles. The van der Waals surface area contributed by atoms with Gasteiger partial charge in [0.15, 0.2) is 0 Å². The van der Waals surface area contributed by atoms with Crippen molar-refractivity contribution in [3.8, 4) is 6.07 Å². The average molecular weight is 234 g/mol. The van der Waals surface area contributed by atoms with Crippen LogP contribution in [0.5, 0.6) is 0 Å². The Bertz CT molecular complexity index is 413. The van der Waals surface area contributed by atoms with Crippen molar-refractivity contribution in [1.29, 1.82) is 5.26 Å². The van der Waals surface area contributed by atoms with Crippen LogP contribution in [0.3, 0.4) is 0 Å². The molecule has 0 spiro atoms. The highest BCUT2D eigenvalue weighted by atomic mass is 16.3. The fourth-order valence-electron chi connectivity index (χ4n) is 2.54. The zero-order valence-corrected chi connectivity index (χ0v) is 10.1. The number of aliphatic hydroxyl groups is 1. The van der Waals surface area contributed by atoms with E-state index in [2.05, 4.69) is 0 Å². The molecule has 1 aromatic rings. The molecule has 0 radical (unpaired) electrons. The van der Waals surface area contributed by atoms with Gasteiger partial charge in [-0.2, -0.15) is 5.26 Å². The molecule has 0 aromatic carbocycles. The first kappa shape index (κ1) is 12.2. The van der Waals surface area contributed by atoms with Crippen molar-refractivity contribution in [3.63, 3.8) is 0 Å². The number of nitrogens with zero attached hydrogens (tertiary/aromatic N) is 2. The average Bonchev–Trinajstić information content (AvgIpc) is 2.87. The second-order valence-electron chi connectivity index (χ2n) is 4.98. The molecule has 17 heavy (non-hydrogen) atoms. The van der Waals surface area contributed by atoms with Crippen LogP contribution in [0.15, 0.2) is 16.5 Å². The highest BCUT2D eigenvalue weighted by molar-refractivity contribution is 5.19. The molecule has 0 atom stereocenters. The quantitative estimate of drug-likeness (QED) is 0.864. The maximum atomic E-state index is 10.3. The third kappa shape index (κ3) is 3.09. The van der Waals surface area contributed by atoms with Crippen molar-refractivity contribution in [3.05, 3.63) is 23.7 Å². The zero-order chi connectivity index (χ0) is 12.3. The molecule has 1 N–H and O–H groups in total. The van der Waals surface area contributed by atoms with Crippen molar-refractivity contribution in [2.75, 3.05) is 13.6 Å². The minimum atomic E-state index is -0.528. The van der Waals surface area contributed by atoms with Gasteiger partial charge < -0.3 is 9.52 Å². The molecule has 0 aliphatic heterocycles. The van der Waals surface area contributed by atoms with Crippen LogP contribution in [0.4, 0.5) is 0 Å². The molecule has 0 saturated heterocycles. The molecule has 92 valence electrons. The summed E-state index contributed by atoms with van der Waals surface area (Å²) in [4.78, 5) is 2.05. The van der Waals surface area contributed by atoms with Gasteiger partial charge in [0.1, 0.15) is 11.8 Å². The minimum Gasteiger partial charge on any atom is -0.449 e. The number of hydrogen-bond acceptors (Lipinski definition) is 4. The molecular weight excluding hydrogens is 216 g/mol. The van der Waals surface area contributed by atoms with Crippen molar-refractivity contribution in [1.82, 2.24) is 4.90 Å². The predicted octanol–water partition coefficient (Wildman–Crippen LogP) is 1.89. The lowest BCUT2D eigenvalue weighted by atomic mass is 10.0. The van der Waals surface area contributed by atoms with Crippen LogP contribution in [-0.2, 0) is 6.54 Å². The Balaban J connectivity index is 1.88. The van der Waals surface area contributed by atoms with Gasteiger partial charge in [-0.1, -0.05) is 12.8 Å². The first-order chi connectivity index (χ1) is 8.11. The molecular formula is C13H18N2O2. The highest BCUT2D eigenvalue weighted by Gasteiger charge is 2.32. The van der Waals surface area contributed by atoms with Gasteiger partial charge in [0.05, 0.1) is 12.1 Å². The van der Waals surface area contributed by atoms with E-state index in [0.29, 0.717) is 18.8 Å². The number of hydrogen-bond donors (Lipinski definition) is 1. The van der Waals surface area contributed by atoms with Gasteiger partial charge in [-0.3, -0.25) is 4.90 Å². The zero-order valence-electron chi connectivity index (χ0n) is 10.1. The van der Waals surface area contributed by atoms with E-state index in [1.807, 2.05) is 24.1 Å². The summed E-state index contributed by atoms with van der Waals surface area (Å²) in [7, 11) is 1.96. The first-order valence-electron chi connectivity index (χ1n) is 6.01. The molecule has 1 saturated carbocycles. The molecule has 1 aliphatic carbocycles. The molecule has 0 unspecified atom stereocenters. The summed E-state index contributed by atoms with van der Waals surface area (Å²) in [5.41, 5.74) is -0.528. The summed E-state index contributed by atoms with van der Waals surface area (Å²) in [6.45, 7) is 1.29. The summed E-state index contributed by atoms with van der Waals surface area (Å²) < 4.78 is 5.32. The maximum absolute atomic E-state index is 10.3. The van der Waals surface area contributed by atoms with E-state index in [0.717, 1.165) is 31.4 Å². The molecule has 4 nitrogen and oxygen atoms in total. The van der Waals surface area contributed by atoms with Crippen LogP contribution in [0.2, 0.25) is 0 Å². The SMILES string of the molecule is CN(Cc1ccc(C#N)o1)CC1(O)CCCC1. The van der Waals surface area contributed by atoms with Gasteiger partial charge >= 0.3 is 0 Å².